The summed E-state index contributed by atoms with van der Waals surface area (Å²) < 4.78 is 34.0. The van der Waals surface area contributed by atoms with Gasteiger partial charge in [-0.05, 0) is 37.6 Å². The van der Waals surface area contributed by atoms with Crippen molar-refractivity contribution in [3.8, 4) is 0 Å². The first kappa shape index (κ1) is 24.2. The van der Waals surface area contributed by atoms with Gasteiger partial charge in [-0.1, -0.05) is 12.5 Å². The largest absolute Gasteiger partial charge is 0.490 e. The summed E-state index contributed by atoms with van der Waals surface area (Å²) >= 11 is 1.73. The average molecular weight is 473 g/mol. The zero-order chi connectivity index (χ0) is 23.3. The third-order valence-electron chi connectivity index (χ3n) is 5.73. The number of carbonyl (C=O) groups excluding carboxylic acids is 1. The third-order valence-corrected chi connectivity index (χ3v) is 6.67. The van der Waals surface area contributed by atoms with Gasteiger partial charge in [-0.2, -0.15) is 13.2 Å². The number of aliphatic carboxylic acids is 1. The molecule has 2 aromatic rings. The zero-order valence-corrected chi connectivity index (χ0v) is 18.6. The summed E-state index contributed by atoms with van der Waals surface area (Å²) in [6, 6.07) is 5.25. The predicted octanol–water partition coefficient (Wildman–Crippen LogP) is 3.41. The molecular formula is C21H27F3N4O3S. The van der Waals surface area contributed by atoms with Crippen molar-refractivity contribution < 1.29 is 27.9 Å². The predicted molar refractivity (Wildman–Crippen MR) is 113 cm³/mol. The third kappa shape index (κ3) is 6.32. The van der Waals surface area contributed by atoms with Gasteiger partial charge in [0.05, 0.1) is 18.2 Å². The number of hydrogen-bond donors (Lipinski definition) is 2. The number of alkyl halides is 3. The van der Waals surface area contributed by atoms with Crippen LogP contribution >= 0.6 is 11.3 Å². The van der Waals surface area contributed by atoms with E-state index < -0.39 is 12.1 Å². The average Bonchev–Trinajstić information content (AvgIpc) is 3.32. The second kappa shape index (κ2) is 10.5. The fourth-order valence-corrected chi connectivity index (χ4v) is 4.58. The minimum Gasteiger partial charge on any atom is -0.475 e. The molecular weight excluding hydrogens is 445 g/mol. The van der Waals surface area contributed by atoms with Gasteiger partial charge in [0.1, 0.15) is 5.82 Å². The first-order valence-electron chi connectivity index (χ1n) is 10.6. The number of carbonyl (C=O) groups is 2. The molecule has 0 aromatic carbocycles. The van der Waals surface area contributed by atoms with Crippen molar-refractivity contribution in [2.24, 2.45) is 0 Å². The van der Waals surface area contributed by atoms with Crippen LogP contribution in [-0.4, -0.2) is 56.7 Å². The second-order valence-corrected chi connectivity index (χ2v) is 8.97. The van der Waals surface area contributed by atoms with Gasteiger partial charge in [-0.15, -0.1) is 11.3 Å². The number of halogens is 3. The lowest BCUT2D eigenvalue weighted by Gasteiger charge is -2.43. The molecule has 1 aliphatic carbocycles. The van der Waals surface area contributed by atoms with Crippen LogP contribution in [0.3, 0.4) is 0 Å². The number of fused-ring (bicyclic) bond motifs is 1. The number of carboxylic acid groups (broad SMARTS) is 1. The van der Waals surface area contributed by atoms with Crippen LogP contribution in [0.25, 0.3) is 0 Å². The standard InChI is InChI=1S/C19H26N4OS.C2HF3O2/c1-14-19-21-15(12-18(24)20-8-7-17-6-3-11-25-17)13-22(19)9-10-23(14)16-4-2-5-16;3-2(4,5)1(6)7/h3,6,11,13-14,16H,2,4-5,7-10,12H2,1H3,(H,20,24);(H,6,7). The van der Waals surface area contributed by atoms with Crippen molar-refractivity contribution in [2.75, 3.05) is 13.1 Å². The van der Waals surface area contributed by atoms with E-state index in [9.17, 15) is 18.0 Å². The number of aromatic nitrogens is 2. The van der Waals surface area contributed by atoms with E-state index in [0.29, 0.717) is 19.0 Å². The minimum absolute atomic E-state index is 0.0653. The molecule has 1 atom stereocenters. The number of amides is 1. The summed E-state index contributed by atoms with van der Waals surface area (Å²) in [6.45, 7) is 5.03. The summed E-state index contributed by atoms with van der Waals surface area (Å²) in [5.41, 5.74) is 0.894. The quantitative estimate of drug-likeness (QED) is 0.673. The Balaban J connectivity index is 0.000000360. The molecule has 2 aliphatic rings. The maximum Gasteiger partial charge on any atom is 0.490 e. The Morgan fingerprint density at radius 2 is 2.03 bits per heavy atom. The van der Waals surface area contributed by atoms with Crippen LogP contribution in [0.15, 0.2) is 23.7 Å². The van der Waals surface area contributed by atoms with E-state index in [4.69, 9.17) is 14.9 Å². The Labute approximate surface area is 188 Å². The van der Waals surface area contributed by atoms with E-state index in [0.717, 1.165) is 37.1 Å². The topological polar surface area (TPSA) is 87.5 Å². The molecule has 2 N–H and O–H groups in total. The van der Waals surface area contributed by atoms with E-state index >= 15 is 0 Å². The van der Waals surface area contributed by atoms with E-state index in [1.54, 1.807) is 11.3 Å². The number of hydrogen-bond acceptors (Lipinski definition) is 5. The fraction of sp³-hybridized carbons (Fsp3) is 0.571. The van der Waals surface area contributed by atoms with Crippen molar-refractivity contribution in [3.05, 3.63) is 40.1 Å². The van der Waals surface area contributed by atoms with Gasteiger partial charge in [0, 0.05) is 36.8 Å². The normalized spacial score (nSPS) is 18.8. The molecule has 176 valence electrons. The van der Waals surface area contributed by atoms with Gasteiger partial charge < -0.3 is 15.0 Å². The smallest absolute Gasteiger partial charge is 0.475 e. The van der Waals surface area contributed by atoms with Crippen LogP contribution in [0.2, 0.25) is 0 Å². The van der Waals surface area contributed by atoms with Gasteiger partial charge >= 0.3 is 12.1 Å². The summed E-state index contributed by atoms with van der Waals surface area (Å²) in [7, 11) is 0. The lowest BCUT2D eigenvalue weighted by molar-refractivity contribution is -0.192. The van der Waals surface area contributed by atoms with Crippen molar-refractivity contribution in [1.82, 2.24) is 19.8 Å². The number of carboxylic acids is 1. The van der Waals surface area contributed by atoms with E-state index in [1.807, 2.05) is 6.07 Å². The molecule has 0 saturated heterocycles. The summed E-state index contributed by atoms with van der Waals surface area (Å²) in [4.78, 5) is 29.8. The molecule has 0 spiro atoms. The Morgan fingerprint density at radius 1 is 1.31 bits per heavy atom. The van der Waals surface area contributed by atoms with Crippen molar-refractivity contribution >= 4 is 23.2 Å². The maximum atomic E-state index is 12.2. The molecule has 1 aliphatic heterocycles. The summed E-state index contributed by atoms with van der Waals surface area (Å²) in [5, 5.41) is 12.2. The number of nitrogens with one attached hydrogen (secondary N) is 1. The van der Waals surface area contributed by atoms with Crippen LogP contribution in [0.5, 0.6) is 0 Å². The zero-order valence-electron chi connectivity index (χ0n) is 17.8. The van der Waals surface area contributed by atoms with Crippen LogP contribution < -0.4 is 5.32 Å². The van der Waals surface area contributed by atoms with Gasteiger partial charge in [-0.25, -0.2) is 9.78 Å². The number of imidazole rings is 1. The molecule has 1 fully saturated rings. The lowest BCUT2D eigenvalue weighted by atomic mass is 9.90. The summed E-state index contributed by atoms with van der Waals surface area (Å²) in [6.07, 6.45) is 2.27. The van der Waals surface area contributed by atoms with Gasteiger partial charge in [0.25, 0.3) is 0 Å². The van der Waals surface area contributed by atoms with Gasteiger partial charge in [-0.3, -0.25) is 9.69 Å². The number of nitrogens with zero attached hydrogens (tertiary/aromatic N) is 3. The highest BCUT2D eigenvalue weighted by Crippen LogP contribution is 2.34. The fourth-order valence-electron chi connectivity index (χ4n) is 3.87. The molecule has 4 rings (SSSR count). The Kier molecular flexibility index (Phi) is 7.94. The molecule has 0 bridgehead atoms. The molecule has 1 saturated carbocycles. The number of thiophene rings is 1. The highest BCUT2D eigenvalue weighted by Gasteiger charge is 2.38. The molecule has 0 radical (unpaired) electrons. The van der Waals surface area contributed by atoms with Crippen LogP contribution in [0.1, 0.15) is 48.6 Å². The van der Waals surface area contributed by atoms with Crippen LogP contribution in [0, 0.1) is 0 Å². The molecule has 11 heteroatoms. The van der Waals surface area contributed by atoms with Crippen molar-refractivity contribution in [1.29, 1.82) is 0 Å². The molecule has 1 unspecified atom stereocenters. The molecule has 32 heavy (non-hydrogen) atoms. The molecule has 1 amide bonds. The summed E-state index contributed by atoms with van der Waals surface area (Å²) in [5.74, 6) is -1.57. The van der Waals surface area contributed by atoms with Gasteiger partial charge in [0.2, 0.25) is 5.91 Å². The maximum absolute atomic E-state index is 12.2. The van der Waals surface area contributed by atoms with Crippen LogP contribution in [0.4, 0.5) is 13.2 Å². The Bertz CT molecular complexity index is 910. The van der Waals surface area contributed by atoms with Crippen molar-refractivity contribution in [2.45, 2.75) is 63.8 Å². The van der Waals surface area contributed by atoms with Crippen molar-refractivity contribution in [3.63, 3.8) is 0 Å². The monoisotopic (exact) mass is 472 g/mol. The first-order valence-corrected chi connectivity index (χ1v) is 11.4. The Hall–Kier alpha value is -2.40. The SMILES string of the molecule is CC1c2nc(CC(=O)NCCc3cccs3)cn2CCN1C1CCC1.O=C(O)C(F)(F)F. The van der Waals surface area contributed by atoms with E-state index in [1.165, 1.54) is 24.1 Å². The Morgan fingerprint density at radius 3 is 2.59 bits per heavy atom. The number of rotatable bonds is 6. The van der Waals surface area contributed by atoms with E-state index in [-0.39, 0.29) is 5.91 Å². The highest BCUT2D eigenvalue weighted by molar-refractivity contribution is 7.09. The highest BCUT2D eigenvalue weighted by atomic mass is 32.1. The first-order chi connectivity index (χ1) is 15.1. The molecule has 7 nitrogen and oxygen atoms in total. The molecule has 2 aromatic heterocycles. The van der Waals surface area contributed by atoms with E-state index in [2.05, 4.69) is 39.4 Å². The minimum atomic E-state index is -5.08. The second-order valence-electron chi connectivity index (χ2n) is 7.94. The van der Waals surface area contributed by atoms with Gasteiger partial charge in [0.15, 0.2) is 0 Å². The lowest BCUT2D eigenvalue weighted by Crippen LogP contribution is -2.46. The molecule has 3 heterocycles. The van der Waals surface area contributed by atoms with Crippen LogP contribution in [-0.2, 0) is 29.0 Å².